The van der Waals surface area contributed by atoms with E-state index < -0.39 is 11.5 Å². The largest absolute Gasteiger partial charge is 0.465 e. The fourth-order valence-electron chi connectivity index (χ4n) is 7.01. The van der Waals surface area contributed by atoms with Crippen LogP contribution in [0.25, 0.3) is 0 Å². The molecule has 0 bridgehead atoms. The van der Waals surface area contributed by atoms with Gasteiger partial charge in [0, 0.05) is 18.8 Å². The molecule has 0 saturated heterocycles. The van der Waals surface area contributed by atoms with E-state index in [1.54, 1.807) is 0 Å². The highest BCUT2D eigenvalue weighted by molar-refractivity contribution is 5.71. The van der Waals surface area contributed by atoms with Gasteiger partial charge in [0.1, 0.15) is 5.60 Å². The maximum Gasteiger partial charge on any atom is 0.306 e. The average molecular weight is 723 g/mol. The molecule has 0 N–H and O–H groups in total. The lowest BCUT2D eigenvalue weighted by molar-refractivity contribution is -0.161. The molecular weight excluding hydrogens is 636 g/mol. The molecule has 302 valence electrons. The van der Waals surface area contributed by atoms with Crippen molar-refractivity contribution in [2.45, 2.75) is 240 Å². The van der Waals surface area contributed by atoms with Gasteiger partial charge in [-0.15, -0.1) is 0 Å². The van der Waals surface area contributed by atoms with E-state index in [0.717, 1.165) is 12.8 Å². The van der Waals surface area contributed by atoms with Gasteiger partial charge in [0.25, 0.3) is 0 Å². The van der Waals surface area contributed by atoms with Crippen LogP contribution in [-0.4, -0.2) is 36.7 Å². The number of hydrogen-bond donors (Lipinski definition) is 0. The normalized spacial score (nSPS) is 11.9. The Balaban J connectivity index is 5.07. The number of rotatable bonds is 36. The summed E-state index contributed by atoms with van der Waals surface area (Å²) in [5, 5.41) is 0. The average Bonchev–Trinajstić information content (AvgIpc) is 3.08. The van der Waals surface area contributed by atoms with Gasteiger partial charge in [-0.25, -0.2) is 0 Å². The Morgan fingerprint density at radius 1 is 0.412 bits per heavy atom. The second kappa shape index (κ2) is 34.2. The number of ether oxygens (including phenoxy) is 3. The monoisotopic (exact) mass is 723 g/mol. The Labute approximate surface area is 317 Å². The van der Waals surface area contributed by atoms with E-state index in [-0.39, 0.29) is 37.5 Å². The smallest absolute Gasteiger partial charge is 0.306 e. The van der Waals surface area contributed by atoms with Crippen molar-refractivity contribution in [2.24, 2.45) is 17.8 Å². The minimum absolute atomic E-state index is 0.0497. The molecule has 0 aromatic rings. The van der Waals surface area contributed by atoms with Crippen LogP contribution in [0.4, 0.5) is 0 Å². The van der Waals surface area contributed by atoms with Crippen LogP contribution in [0, 0.1) is 17.8 Å². The Bertz CT molecular complexity index is 738. The van der Waals surface area contributed by atoms with Crippen LogP contribution in [0.3, 0.4) is 0 Å². The highest BCUT2D eigenvalue weighted by atomic mass is 16.6. The third-order valence-corrected chi connectivity index (χ3v) is 10.2. The first-order valence-electron chi connectivity index (χ1n) is 22.1. The first-order valence-corrected chi connectivity index (χ1v) is 22.1. The van der Waals surface area contributed by atoms with Gasteiger partial charge >= 0.3 is 17.9 Å². The molecule has 0 radical (unpaired) electrons. The highest BCUT2D eigenvalue weighted by Crippen LogP contribution is 2.25. The molecule has 0 spiro atoms. The molecule has 0 atom stereocenters. The van der Waals surface area contributed by atoms with Crippen molar-refractivity contribution in [2.75, 3.05) is 13.2 Å². The number of esters is 3. The molecule has 6 nitrogen and oxygen atoms in total. The third-order valence-electron chi connectivity index (χ3n) is 10.2. The quantitative estimate of drug-likeness (QED) is 0.0364. The molecule has 0 fully saturated rings. The molecule has 0 rings (SSSR count). The zero-order chi connectivity index (χ0) is 38.0. The van der Waals surface area contributed by atoms with Gasteiger partial charge in [0.05, 0.1) is 19.6 Å². The van der Waals surface area contributed by atoms with E-state index in [4.69, 9.17) is 14.2 Å². The number of unbranched alkanes of at least 4 members (excludes halogenated alkanes) is 16. The second-order valence-electron chi connectivity index (χ2n) is 16.6. The molecule has 0 saturated carbocycles. The van der Waals surface area contributed by atoms with Crippen LogP contribution < -0.4 is 0 Å². The summed E-state index contributed by atoms with van der Waals surface area (Å²) in [7, 11) is 0. The minimum Gasteiger partial charge on any atom is -0.465 e. The zero-order valence-electron chi connectivity index (χ0n) is 35.1. The fourth-order valence-corrected chi connectivity index (χ4v) is 7.01. The summed E-state index contributed by atoms with van der Waals surface area (Å²) >= 11 is 0. The van der Waals surface area contributed by atoms with Crippen molar-refractivity contribution in [1.82, 2.24) is 0 Å². The van der Waals surface area contributed by atoms with Gasteiger partial charge in [-0.3, -0.25) is 14.4 Å². The molecular formula is C45H86O6. The lowest BCUT2D eigenvalue weighted by Crippen LogP contribution is -2.29. The molecule has 0 heterocycles. The molecule has 0 aromatic heterocycles. The van der Waals surface area contributed by atoms with Crippen LogP contribution in [0.15, 0.2) is 0 Å². The van der Waals surface area contributed by atoms with Crippen LogP contribution in [-0.2, 0) is 28.6 Å². The van der Waals surface area contributed by atoms with Crippen molar-refractivity contribution in [3.63, 3.8) is 0 Å². The summed E-state index contributed by atoms with van der Waals surface area (Å²) in [4.78, 5) is 38.7. The van der Waals surface area contributed by atoms with Crippen LogP contribution in [0.2, 0.25) is 0 Å². The predicted molar refractivity (Wildman–Crippen MR) is 215 cm³/mol. The van der Waals surface area contributed by atoms with E-state index in [0.29, 0.717) is 24.7 Å². The van der Waals surface area contributed by atoms with Crippen LogP contribution in [0.1, 0.15) is 235 Å². The first kappa shape index (κ1) is 49.4. The van der Waals surface area contributed by atoms with Crippen LogP contribution in [0.5, 0.6) is 0 Å². The molecule has 51 heavy (non-hydrogen) atoms. The van der Waals surface area contributed by atoms with E-state index in [2.05, 4.69) is 27.7 Å². The maximum absolute atomic E-state index is 13.0. The molecule has 0 aliphatic rings. The molecule has 0 aromatic carbocycles. The summed E-state index contributed by atoms with van der Waals surface area (Å²) in [6.07, 6.45) is 32.7. The molecule has 0 amide bonds. The highest BCUT2D eigenvalue weighted by Gasteiger charge is 2.24. The third kappa shape index (κ3) is 34.0. The first-order chi connectivity index (χ1) is 24.5. The van der Waals surface area contributed by atoms with Crippen molar-refractivity contribution >= 4 is 17.9 Å². The summed E-state index contributed by atoms with van der Waals surface area (Å²) < 4.78 is 17.0. The Hall–Kier alpha value is -1.59. The standard InChI is InChI=1S/C45H86O6/c1-8-12-16-20-24-28-39(29-25-21-17-13-9-2)32-34-42(46)49-37-41(36-44(48)51-45(5,6)7)38-50-43(47)35-33-40(30-26-22-18-14-10-3)31-27-23-19-15-11-4/h39-41H,8-38H2,1-7H3. The maximum atomic E-state index is 13.0. The summed E-state index contributed by atoms with van der Waals surface area (Å²) in [5.74, 6) is -0.131. The van der Waals surface area contributed by atoms with Crippen molar-refractivity contribution in [3.05, 3.63) is 0 Å². The van der Waals surface area contributed by atoms with E-state index >= 15 is 0 Å². The topological polar surface area (TPSA) is 78.9 Å². The second-order valence-corrected chi connectivity index (χ2v) is 16.6. The summed E-state index contributed by atoms with van der Waals surface area (Å²) in [6.45, 7) is 14.6. The lowest BCUT2D eigenvalue weighted by atomic mass is 9.90. The van der Waals surface area contributed by atoms with Gasteiger partial charge in [-0.1, -0.05) is 182 Å². The zero-order valence-corrected chi connectivity index (χ0v) is 35.1. The molecule has 0 unspecified atom stereocenters. The van der Waals surface area contributed by atoms with E-state index in [1.165, 1.54) is 154 Å². The van der Waals surface area contributed by atoms with E-state index in [1.807, 2.05) is 20.8 Å². The van der Waals surface area contributed by atoms with Crippen molar-refractivity contribution in [1.29, 1.82) is 0 Å². The van der Waals surface area contributed by atoms with Gasteiger partial charge < -0.3 is 14.2 Å². The van der Waals surface area contributed by atoms with Gasteiger partial charge in [0.15, 0.2) is 0 Å². The lowest BCUT2D eigenvalue weighted by Gasteiger charge is -2.22. The van der Waals surface area contributed by atoms with E-state index in [9.17, 15) is 14.4 Å². The van der Waals surface area contributed by atoms with Gasteiger partial charge in [-0.05, 0) is 45.4 Å². The number of carbonyl (C=O) groups is 3. The van der Waals surface area contributed by atoms with Gasteiger partial charge in [-0.2, -0.15) is 0 Å². The Morgan fingerprint density at radius 3 is 1.02 bits per heavy atom. The minimum atomic E-state index is -0.612. The van der Waals surface area contributed by atoms with Crippen molar-refractivity contribution in [3.8, 4) is 0 Å². The fraction of sp³-hybridized carbons (Fsp3) is 0.933. The Kier molecular flexibility index (Phi) is 33.1. The molecule has 0 aliphatic heterocycles. The molecule has 0 aliphatic carbocycles. The predicted octanol–water partition coefficient (Wildman–Crippen LogP) is 13.7. The van der Waals surface area contributed by atoms with Crippen molar-refractivity contribution < 1.29 is 28.6 Å². The Morgan fingerprint density at radius 2 is 0.725 bits per heavy atom. The number of hydrogen-bond acceptors (Lipinski definition) is 6. The number of carbonyl (C=O) groups excluding carboxylic acids is 3. The van der Waals surface area contributed by atoms with Gasteiger partial charge in [0.2, 0.25) is 0 Å². The SMILES string of the molecule is CCCCCCCC(CCCCCCC)CCC(=O)OCC(COC(=O)CCC(CCCCCCC)CCCCCCC)CC(=O)OC(C)(C)C. The summed E-state index contributed by atoms with van der Waals surface area (Å²) in [6, 6.07) is 0. The molecule has 6 heteroatoms. The summed E-state index contributed by atoms with van der Waals surface area (Å²) in [5.41, 5.74) is -0.612. The van der Waals surface area contributed by atoms with Crippen LogP contribution >= 0.6 is 0 Å².